The van der Waals surface area contributed by atoms with Gasteiger partial charge in [0.1, 0.15) is 0 Å². The largest absolute Gasteiger partial charge is 0.481 e. The lowest BCUT2D eigenvalue weighted by Crippen LogP contribution is -2.34. The predicted molar refractivity (Wildman–Crippen MR) is 67.5 cm³/mol. The van der Waals surface area contributed by atoms with Gasteiger partial charge in [-0.15, -0.1) is 0 Å². The Balaban J connectivity index is 4.85. The van der Waals surface area contributed by atoms with Crippen LogP contribution in [0.4, 0.5) is 0 Å². The molecule has 0 bridgehead atoms. The molecule has 18 heavy (non-hydrogen) atoms. The molecule has 0 aromatic rings. The molecule has 0 fully saturated rings. The van der Waals surface area contributed by atoms with Crippen molar-refractivity contribution in [2.75, 3.05) is 13.2 Å². The Morgan fingerprint density at radius 3 is 2.00 bits per heavy atom. The first-order valence-corrected chi connectivity index (χ1v) is 6.32. The van der Waals surface area contributed by atoms with Gasteiger partial charge >= 0.3 is 11.9 Å². The molecule has 0 aliphatic rings. The van der Waals surface area contributed by atoms with Crippen molar-refractivity contribution in [2.45, 2.75) is 46.5 Å². The minimum Gasteiger partial charge on any atom is -0.481 e. The van der Waals surface area contributed by atoms with E-state index in [0.717, 1.165) is 6.42 Å². The fourth-order valence-electron chi connectivity index (χ4n) is 2.31. The lowest BCUT2D eigenvalue weighted by molar-refractivity contribution is -0.146. The summed E-state index contributed by atoms with van der Waals surface area (Å²) < 4.78 is 5.42. The first-order valence-electron chi connectivity index (χ1n) is 6.32. The molecule has 0 aliphatic carbocycles. The zero-order chi connectivity index (χ0) is 14.2. The third kappa shape index (κ3) is 7.27. The maximum atomic E-state index is 11.0. The van der Waals surface area contributed by atoms with Crippen LogP contribution in [0.2, 0.25) is 0 Å². The number of rotatable bonds is 10. The third-order valence-corrected chi connectivity index (χ3v) is 2.65. The Bertz CT molecular complexity index is 257. The number of carboxylic acid groups (broad SMARTS) is 2. The molecule has 0 spiro atoms. The average molecular weight is 260 g/mol. The van der Waals surface area contributed by atoms with E-state index in [2.05, 4.69) is 0 Å². The molecule has 0 amide bonds. The number of hydrogen-bond donors (Lipinski definition) is 2. The second-order valence-electron chi connectivity index (χ2n) is 5.29. The molecular weight excluding hydrogens is 236 g/mol. The van der Waals surface area contributed by atoms with E-state index >= 15 is 0 Å². The third-order valence-electron chi connectivity index (χ3n) is 2.65. The molecule has 0 heterocycles. The molecule has 0 rings (SSSR count). The smallest absolute Gasteiger partial charge is 0.304 e. The monoisotopic (exact) mass is 260 g/mol. The van der Waals surface area contributed by atoms with E-state index in [1.54, 1.807) is 0 Å². The van der Waals surface area contributed by atoms with Crippen molar-refractivity contribution in [1.29, 1.82) is 0 Å². The number of aliphatic carboxylic acids is 2. The minimum atomic E-state index is -0.975. The first kappa shape index (κ1) is 16.9. The molecule has 0 saturated carbocycles. The highest BCUT2D eigenvalue weighted by Gasteiger charge is 2.36. The van der Waals surface area contributed by atoms with Gasteiger partial charge in [-0.25, -0.2) is 0 Å². The van der Waals surface area contributed by atoms with E-state index in [1.807, 2.05) is 20.8 Å². The molecule has 0 saturated heterocycles. The van der Waals surface area contributed by atoms with Crippen LogP contribution < -0.4 is 0 Å². The zero-order valence-electron chi connectivity index (χ0n) is 11.4. The summed E-state index contributed by atoms with van der Waals surface area (Å²) in [5, 5.41) is 18.0. The fraction of sp³-hybridized carbons (Fsp3) is 0.846. The minimum absolute atomic E-state index is 0.165. The van der Waals surface area contributed by atoms with Crippen LogP contribution in [0.3, 0.4) is 0 Å². The summed E-state index contributed by atoms with van der Waals surface area (Å²) in [6.07, 6.45) is 1.04. The predicted octanol–water partition coefficient (Wildman–Crippen LogP) is 2.39. The summed E-state index contributed by atoms with van der Waals surface area (Å²) in [7, 11) is 0. The van der Waals surface area contributed by atoms with Gasteiger partial charge in [0.25, 0.3) is 0 Å². The van der Waals surface area contributed by atoms with Gasteiger partial charge in [-0.3, -0.25) is 9.59 Å². The van der Waals surface area contributed by atoms with Gasteiger partial charge in [0, 0.05) is 12.0 Å². The lowest BCUT2D eigenvalue weighted by Gasteiger charge is -2.32. The van der Waals surface area contributed by atoms with Crippen molar-refractivity contribution in [3.8, 4) is 0 Å². The van der Waals surface area contributed by atoms with Crippen molar-refractivity contribution < 1.29 is 24.5 Å². The van der Waals surface area contributed by atoms with E-state index in [9.17, 15) is 9.59 Å². The lowest BCUT2D eigenvalue weighted by atomic mass is 9.75. The average Bonchev–Trinajstić information content (AvgIpc) is 2.13. The molecule has 0 unspecified atom stereocenters. The van der Waals surface area contributed by atoms with Crippen LogP contribution in [0.15, 0.2) is 0 Å². The van der Waals surface area contributed by atoms with Crippen LogP contribution in [0.5, 0.6) is 0 Å². The Kier molecular flexibility index (Phi) is 7.59. The molecular formula is C13H24O5. The number of carbonyl (C=O) groups is 2. The maximum absolute atomic E-state index is 11.0. The van der Waals surface area contributed by atoms with E-state index in [-0.39, 0.29) is 25.4 Å². The highest BCUT2D eigenvalue weighted by Crippen LogP contribution is 2.35. The second kappa shape index (κ2) is 8.08. The van der Waals surface area contributed by atoms with E-state index in [4.69, 9.17) is 14.9 Å². The topological polar surface area (TPSA) is 83.8 Å². The number of carboxylic acids is 2. The van der Waals surface area contributed by atoms with Gasteiger partial charge in [0.05, 0.1) is 19.4 Å². The summed E-state index contributed by atoms with van der Waals surface area (Å²) in [6.45, 7) is 6.59. The van der Waals surface area contributed by atoms with Crippen LogP contribution in [0.1, 0.15) is 46.5 Å². The van der Waals surface area contributed by atoms with Crippen LogP contribution in [-0.2, 0) is 14.3 Å². The van der Waals surface area contributed by atoms with Crippen molar-refractivity contribution in [3.63, 3.8) is 0 Å². The molecule has 5 nitrogen and oxygen atoms in total. The van der Waals surface area contributed by atoms with Gasteiger partial charge < -0.3 is 14.9 Å². The Morgan fingerprint density at radius 2 is 1.67 bits per heavy atom. The van der Waals surface area contributed by atoms with Crippen molar-refractivity contribution in [3.05, 3.63) is 0 Å². The molecule has 0 radical (unpaired) electrons. The maximum Gasteiger partial charge on any atom is 0.304 e. The van der Waals surface area contributed by atoms with Gasteiger partial charge in [-0.2, -0.15) is 0 Å². The van der Waals surface area contributed by atoms with Gasteiger partial charge in [-0.1, -0.05) is 20.8 Å². The molecule has 106 valence electrons. The van der Waals surface area contributed by atoms with Crippen molar-refractivity contribution in [2.24, 2.45) is 11.3 Å². The summed E-state index contributed by atoms with van der Waals surface area (Å²) in [5.74, 6) is -1.72. The highest BCUT2D eigenvalue weighted by molar-refractivity contribution is 5.72. The second-order valence-corrected chi connectivity index (χ2v) is 5.29. The standard InChI is InChI=1S/C13H24O5/c1-4-5-18-9-13(6-10(2)3,7-11(14)15)8-12(16)17/h10H,4-9H2,1-3H3,(H,14,15)(H,16,17). The van der Waals surface area contributed by atoms with E-state index in [1.165, 1.54) is 0 Å². The Morgan fingerprint density at radius 1 is 1.17 bits per heavy atom. The number of hydrogen-bond acceptors (Lipinski definition) is 3. The van der Waals surface area contributed by atoms with Gasteiger partial charge in [0.2, 0.25) is 0 Å². The van der Waals surface area contributed by atoms with Crippen LogP contribution in [0.25, 0.3) is 0 Å². The van der Waals surface area contributed by atoms with Crippen LogP contribution in [-0.4, -0.2) is 35.4 Å². The van der Waals surface area contributed by atoms with Crippen molar-refractivity contribution >= 4 is 11.9 Å². The quantitative estimate of drug-likeness (QED) is 0.589. The van der Waals surface area contributed by atoms with Crippen LogP contribution in [0, 0.1) is 11.3 Å². The summed E-state index contributed by atoms with van der Waals surface area (Å²) in [5.41, 5.74) is -0.805. The Hall–Kier alpha value is -1.10. The fourth-order valence-corrected chi connectivity index (χ4v) is 2.31. The molecule has 0 aromatic carbocycles. The van der Waals surface area contributed by atoms with Crippen LogP contribution >= 0.6 is 0 Å². The molecule has 5 heteroatoms. The van der Waals surface area contributed by atoms with Gasteiger partial charge in [-0.05, 0) is 18.8 Å². The van der Waals surface area contributed by atoms with E-state index in [0.29, 0.717) is 13.0 Å². The molecule has 0 aromatic heterocycles. The summed E-state index contributed by atoms with van der Waals surface area (Å²) in [4.78, 5) is 21.9. The molecule has 0 atom stereocenters. The van der Waals surface area contributed by atoms with E-state index < -0.39 is 17.4 Å². The van der Waals surface area contributed by atoms with Gasteiger partial charge in [0.15, 0.2) is 0 Å². The number of ether oxygens (including phenoxy) is 1. The normalized spacial score (nSPS) is 11.8. The highest BCUT2D eigenvalue weighted by atomic mass is 16.5. The van der Waals surface area contributed by atoms with Crippen molar-refractivity contribution in [1.82, 2.24) is 0 Å². The Labute approximate surface area is 108 Å². The summed E-state index contributed by atoms with van der Waals surface area (Å²) in [6, 6.07) is 0. The summed E-state index contributed by atoms with van der Waals surface area (Å²) >= 11 is 0. The molecule has 0 aliphatic heterocycles. The SMILES string of the molecule is CCCOCC(CC(=O)O)(CC(=O)O)CC(C)C. The molecule has 2 N–H and O–H groups in total. The first-order chi connectivity index (χ1) is 8.31. The zero-order valence-corrected chi connectivity index (χ0v) is 11.4.